The number of methoxy groups -OCH3 is 1. The molecule has 0 radical (unpaired) electrons. The number of carbonyl (C=O) groups is 3. The third-order valence-electron chi connectivity index (χ3n) is 6.12. The number of anilines is 2. The van der Waals surface area contributed by atoms with Gasteiger partial charge < -0.3 is 20.4 Å². The second-order valence-corrected chi connectivity index (χ2v) is 8.57. The van der Waals surface area contributed by atoms with E-state index in [0.717, 1.165) is 10.8 Å². The molecule has 2 heterocycles. The first-order chi connectivity index (χ1) is 18.0. The Balaban J connectivity index is 1.48. The Morgan fingerprint density at radius 1 is 1.05 bits per heavy atom. The minimum absolute atomic E-state index is 0.150. The van der Waals surface area contributed by atoms with Crippen LogP contribution in [0, 0.1) is 0 Å². The first kappa shape index (κ1) is 23.8. The van der Waals surface area contributed by atoms with Crippen molar-refractivity contribution in [2.24, 2.45) is 0 Å². The van der Waals surface area contributed by atoms with Gasteiger partial charge in [-0.3, -0.25) is 14.9 Å². The van der Waals surface area contributed by atoms with Crippen LogP contribution in [0.4, 0.5) is 16.2 Å². The third kappa shape index (κ3) is 5.20. The Kier molecular flexibility index (Phi) is 6.67. The van der Waals surface area contributed by atoms with Crippen LogP contribution < -0.4 is 16.0 Å². The lowest BCUT2D eigenvalue weighted by molar-refractivity contribution is -0.115. The Hall–Kier alpha value is -4.92. The van der Waals surface area contributed by atoms with Crippen molar-refractivity contribution in [3.8, 4) is 11.3 Å². The number of rotatable bonds is 3. The van der Waals surface area contributed by atoms with Gasteiger partial charge in [0.25, 0.3) is 5.91 Å². The molecule has 5 rings (SSSR count). The number of aromatic nitrogens is 2. The molecular formula is C28H25N5O4. The molecule has 1 unspecified atom stereocenters. The van der Waals surface area contributed by atoms with Gasteiger partial charge in [0.2, 0.25) is 5.91 Å². The summed E-state index contributed by atoms with van der Waals surface area (Å²) in [6.07, 6.45) is 5.26. The number of hydrogen-bond acceptors (Lipinski definition) is 5. The summed E-state index contributed by atoms with van der Waals surface area (Å²) in [5.41, 5.74) is 2.89. The van der Waals surface area contributed by atoms with Crippen LogP contribution in [0.1, 0.15) is 35.1 Å². The fourth-order valence-electron chi connectivity index (χ4n) is 4.30. The lowest BCUT2D eigenvalue weighted by Gasteiger charge is -2.17. The van der Waals surface area contributed by atoms with E-state index < -0.39 is 12.1 Å². The molecule has 1 aromatic heterocycles. The number of imidazole rings is 1. The topological polar surface area (TPSA) is 125 Å². The fraction of sp³-hybridized carbons (Fsp3) is 0.143. The molecular weight excluding hydrogens is 470 g/mol. The predicted molar refractivity (Wildman–Crippen MR) is 141 cm³/mol. The van der Waals surface area contributed by atoms with E-state index in [1.165, 1.54) is 7.11 Å². The minimum Gasteiger partial charge on any atom is -0.453 e. The molecule has 0 fully saturated rings. The second-order valence-electron chi connectivity index (χ2n) is 8.57. The third-order valence-corrected chi connectivity index (χ3v) is 6.12. The average molecular weight is 496 g/mol. The van der Waals surface area contributed by atoms with Crippen molar-refractivity contribution in [3.63, 3.8) is 0 Å². The number of aromatic amines is 1. The molecule has 37 heavy (non-hydrogen) atoms. The van der Waals surface area contributed by atoms with Gasteiger partial charge in [-0.2, -0.15) is 0 Å². The lowest BCUT2D eigenvalue weighted by Crippen LogP contribution is -2.29. The molecule has 3 amide bonds. The van der Waals surface area contributed by atoms with E-state index in [-0.39, 0.29) is 18.2 Å². The Morgan fingerprint density at radius 3 is 2.76 bits per heavy atom. The standard InChI is InChI=1S/C28H25N5O4/c1-37-28(36)30-18-13-14-21-23(15-18)31-25(34)12-5-4-11-22(26-29-16-24(21)32-26)33-27(35)20-10-6-8-17-7-2-3-9-19(17)20/h2-10,13-16,22H,11-12H2,1H3,(H,29,32)(H,30,36)(H,31,34)(H,33,35)/b5-4-. The molecule has 4 N–H and O–H groups in total. The molecule has 2 bridgehead atoms. The number of benzene rings is 3. The van der Waals surface area contributed by atoms with Crippen molar-refractivity contribution in [1.82, 2.24) is 15.3 Å². The molecule has 0 saturated carbocycles. The summed E-state index contributed by atoms with van der Waals surface area (Å²) in [6.45, 7) is 0. The number of hydrogen-bond donors (Lipinski definition) is 4. The quantitative estimate of drug-likeness (QED) is 0.292. The maximum absolute atomic E-state index is 13.3. The van der Waals surface area contributed by atoms with Gasteiger partial charge in [0, 0.05) is 23.2 Å². The first-order valence-corrected chi connectivity index (χ1v) is 11.8. The monoisotopic (exact) mass is 495 g/mol. The van der Waals surface area contributed by atoms with E-state index in [0.29, 0.717) is 40.4 Å². The highest BCUT2D eigenvalue weighted by Gasteiger charge is 2.21. The summed E-state index contributed by atoms with van der Waals surface area (Å²) in [5.74, 6) is 0.157. The zero-order valence-electron chi connectivity index (χ0n) is 20.1. The summed E-state index contributed by atoms with van der Waals surface area (Å²) in [5, 5.41) is 10.4. The maximum Gasteiger partial charge on any atom is 0.411 e. The van der Waals surface area contributed by atoms with Crippen LogP contribution >= 0.6 is 0 Å². The molecule has 1 aliphatic heterocycles. The number of amides is 3. The van der Waals surface area contributed by atoms with Gasteiger partial charge in [-0.05, 0) is 41.5 Å². The van der Waals surface area contributed by atoms with Crippen LogP contribution in [0.25, 0.3) is 22.0 Å². The van der Waals surface area contributed by atoms with Crippen molar-refractivity contribution in [3.05, 3.63) is 90.4 Å². The van der Waals surface area contributed by atoms with Crippen molar-refractivity contribution >= 4 is 40.1 Å². The largest absolute Gasteiger partial charge is 0.453 e. The number of nitrogens with one attached hydrogen (secondary N) is 4. The first-order valence-electron chi connectivity index (χ1n) is 11.8. The summed E-state index contributed by atoms with van der Waals surface area (Å²) < 4.78 is 4.66. The molecule has 1 aliphatic rings. The van der Waals surface area contributed by atoms with Crippen molar-refractivity contribution in [1.29, 1.82) is 0 Å². The summed E-state index contributed by atoms with van der Waals surface area (Å²) in [6, 6.07) is 18.1. The number of ether oxygens (including phenoxy) is 1. The molecule has 0 aliphatic carbocycles. The molecule has 9 heteroatoms. The lowest BCUT2D eigenvalue weighted by atomic mass is 10.0. The summed E-state index contributed by atoms with van der Waals surface area (Å²) in [7, 11) is 1.28. The number of nitrogens with zero attached hydrogens (tertiary/aromatic N) is 1. The molecule has 1 atom stereocenters. The van der Waals surface area contributed by atoms with Crippen molar-refractivity contribution in [2.75, 3.05) is 17.7 Å². The van der Waals surface area contributed by atoms with E-state index in [1.54, 1.807) is 36.5 Å². The second kappa shape index (κ2) is 10.4. The Labute approximate surface area is 212 Å². The highest BCUT2D eigenvalue weighted by molar-refractivity contribution is 6.07. The molecule has 0 saturated heterocycles. The molecule has 4 aromatic rings. The molecule has 186 valence electrons. The fourth-order valence-corrected chi connectivity index (χ4v) is 4.30. The van der Waals surface area contributed by atoms with Gasteiger partial charge in [-0.25, -0.2) is 9.78 Å². The van der Waals surface area contributed by atoms with Crippen LogP contribution in [0.15, 0.2) is 79.0 Å². The van der Waals surface area contributed by atoms with Crippen molar-refractivity contribution in [2.45, 2.75) is 18.9 Å². The number of fused-ring (bicyclic) bond motifs is 5. The molecule has 0 spiro atoms. The van der Waals surface area contributed by atoms with Crippen LogP contribution in [0.2, 0.25) is 0 Å². The van der Waals surface area contributed by atoms with Gasteiger partial charge >= 0.3 is 6.09 Å². The van der Waals surface area contributed by atoms with Crippen molar-refractivity contribution < 1.29 is 19.1 Å². The van der Waals surface area contributed by atoms with Gasteiger partial charge in [0.15, 0.2) is 0 Å². The SMILES string of the molecule is COC(=O)Nc1ccc2c(c1)NC(=O)C/C=C\CC(NC(=O)c1cccc3ccccc13)c1ncc-2[nH]1. The molecule has 3 aromatic carbocycles. The minimum atomic E-state index is -0.615. The molecule has 9 nitrogen and oxygen atoms in total. The normalized spacial score (nSPS) is 15.9. The average Bonchev–Trinajstić information content (AvgIpc) is 3.39. The number of carbonyl (C=O) groups excluding carboxylic acids is 3. The van der Waals surface area contributed by atoms with Gasteiger partial charge in [-0.1, -0.05) is 48.6 Å². The van der Waals surface area contributed by atoms with Gasteiger partial charge in [-0.15, -0.1) is 0 Å². The van der Waals surface area contributed by atoms with Gasteiger partial charge in [0.05, 0.1) is 30.7 Å². The van der Waals surface area contributed by atoms with Crippen LogP contribution in [-0.4, -0.2) is 35.0 Å². The Morgan fingerprint density at radius 2 is 1.89 bits per heavy atom. The van der Waals surface area contributed by atoms with Crippen LogP contribution in [-0.2, 0) is 9.53 Å². The highest BCUT2D eigenvalue weighted by atomic mass is 16.5. The van der Waals surface area contributed by atoms with E-state index in [2.05, 4.69) is 30.7 Å². The zero-order valence-corrected chi connectivity index (χ0v) is 20.1. The summed E-state index contributed by atoms with van der Waals surface area (Å²) >= 11 is 0. The van der Waals surface area contributed by atoms with E-state index in [1.807, 2.05) is 42.5 Å². The number of H-pyrrole nitrogens is 1. The maximum atomic E-state index is 13.3. The Bertz CT molecular complexity index is 1520. The van der Waals surface area contributed by atoms with Crippen LogP contribution in [0.5, 0.6) is 0 Å². The highest BCUT2D eigenvalue weighted by Crippen LogP contribution is 2.32. The zero-order chi connectivity index (χ0) is 25.8. The van der Waals surface area contributed by atoms with Gasteiger partial charge in [0.1, 0.15) is 5.82 Å². The summed E-state index contributed by atoms with van der Waals surface area (Å²) in [4.78, 5) is 45.4. The van der Waals surface area contributed by atoms with E-state index >= 15 is 0 Å². The predicted octanol–water partition coefficient (Wildman–Crippen LogP) is 5.17. The van der Waals surface area contributed by atoms with Crippen LogP contribution in [0.3, 0.4) is 0 Å². The van der Waals surface area contributed by atoms with E-state index in [4.69, 9.17) is 0 Å². The smallest absolute Gasteiger partial charge is 0.411 e. The van der Waals surface area contributed by atoms with E-state index in [9.17, 15) is 14.4 Å².